The quantitative estimate of drug-likeness (QED) is 0.784. The summed E-state index contributed by atoms with van der Waals surface area (Å²) in [7, 11) is 3.26. The number of amides is 1. The fraction of sp³-hybridized carbons (Fsp3) is 0.200. The van der Waals surface area contributed by atoms with Crippen LogP contribution in [-0.2, 0) is 4.79 Å². The van der Waals surface area contributed by atoms with Crippen LogP contribution in [0.3, 0.4) is 0 Å². The number of hydrogen-bond donors (Lipinski definition) is 1. The molecule has 26 heavy (non-hydrogen) atoms. The third-order valence-corrected chi connectivity index (χ3v) is 4.60. The number of rotatable bonds is 4. The van der Waals surface area contributed by atoms with E-state index in [1.165, 1.54) is 0 Å². The molecule has 1 amide bonds. The highest BCUT2D eigenvalue weighted by Crippen LogP contribution is 2.38. The fourth-order valence-corrected chi connectivity index (χ4v) is 3.30. The van der Waals surface area contributed by atoms with Gasteiger partial charge in [0.05, 0.1) is 25.6 Å². The summed E-state index contributed by atoms with van der Waals surface area (Å²) < 4.78 is 12.5. The minimum Gasteiger partial charge on any atom is -0.497 e. The Hall–Kier alpha value is -3.28. The number of ether oxygens (including phenoxy) is 2. The van der Waals surface area contributed by atoms with Gasteiger partial charge in [-0.15, -0.1) is 0 Å². The molecule has 1 aliphatic heterocycles. The van der Waals surface area contributed by atoms with Gasteiger partial charge in [-0.2, -0.15) is 0 Å². The van der Waals surface area contributed by atoms with E-state index < -0.39 is 0 Å². The zero-order valence-corrected chi connectivity index (χ0v) is 14.6. The molecule has 0 spiro atoms. The molecule has 2 aromatic carbocycles. The van der Waals surface area contributed by atoms with Crippen molar-refractivity contribution in [2.75, 3.05) is 19.5 Å². The summed E-state index contributed by atoms with van der Waals surface area (Å²) in [4.78, 5) is 17.0. The Morgan fingerprint density at radius 1 is 1.08 bits per heavy atom. The van der Waals surface area contributed by atoms with E-state index in [1.807, 2.05) is 53.1 Å². The first-order valence-corrected chi connectivity index (χ1v) is 8.35. The van der Waals surface area contributed by atoms with Crippen molar-refractivity contribution in [3.63, 3.8) is 0 Å². The van der Waals surface area contributed by atoms with E-state index in [1.54, 1.807) is 20.5 Å². The monoisotopic (exact) mass is 349 g/mol. The maximum absolute atomic E-state index is 12.4. The number of nitrogens with one attached hydrogen (secondary N) is 1. The van der Waals surface area contributed by atoms with Crippen LogP contribution in [0.25, 0.3) is 5.69 Å². The van der Waals surface area contributed by atoms with E-state index in [-0.39, 0.29) is 11.8 Å². The Kier molecular flexibility index (Phi) is 4.08. The Balaban J connectivity index is 1.79. The Bertz CT molecular complexity index is 964. The molecule has 3 aromatic rings. The summed E-state index contributed by atoms with van der Waals surface area (Å²) >= 11 is 0. The van der Waals surface area contributed by atoms with Crippen LogP contribution in [0, 0.1) is 0 Å². The van der Waals surface area contributed by atoms with Crippen molar-refractivity contribution in [1.82, 2.24) is 9.55 Å². The Morgan fingerprint density at radius 3 is 2.58 bits per heavy atom. The summed E-state index contributed by atoms with van der Waals surface area (Å²) in [5.74, 6) is 2.07. The summed E-state index contributed by atoms with van der Waals surface area (Å²) in [6, 6.07) is 15.4. The Morgan fingerprint density at radius 2 is 1.81 bits per heavy atom. The average molecular weight is 349 g/mol. The molecule has 6 nitrogen and oxygen atoms in total. The van der Waals surface area contributed by atoms with Gasteiger partial charge in [-0.1, -0.05) is 18.2 Å². The predicted octanol–water partition coefficient (Wildman–Crippen LogP) is 3.36. The second-order valence-corrected chi connectivity index (χ2v) is 6.13. The summed E-state index contributed by atoms with van der Waals surface area (Å²) in [5, 5.41) is 2.96. The summed E-state index contributed by atoms with van der Waals surface area (Å²) in [5.41, 5.74) is 2.74. The number of methoxy groups -OCH3 is 2. The first kappa shape index (κ1) is 16.2. The van der Waals surface area contributed by atoms with E-state index in [0.29, 0.717) is 12.2 Å². The summed E-state index contributed by atoms with van der Waals surface area (Å²) in [6.07, 6.45) is 2.09. The highest BCUT2D eigenvalue weighted by molar-refractivity contribution is 5.94. The lowest BCUT2D eigenvalue weighted by Gasteiger charge is -2.23. The highest BCUT2D eigenvalue weighted by atomic mass is 16.5. The van der Waals surface area contributed by atoms with Gasteiger partial charge in [0.25, 0.3) is 0 Å². The lowest BCUT2D eigenvalue weighted by atomic mass is 9.89. The van der Waals surface area contributed by atoms with Crippen LogP contribution >= 0.6 is 0 Å². The number of benzene rings is 2. The van der Waals surface area contributed by atoms with Crippen LogP contribution in [0.5, 0.6) is 11.5 Å². The van der Waals surface area contributed by atoms with Crippen molar-refractivity contribution in [1.29, 1.82) is 0 Å². The van der Waals surface area contributed by atoms with Gasteiger partial charge in [-0.25, -0.2) is 4.98 Å². The molecule has 0 unspecified atom stereocenters. The number of hydrogen-bond acceptors (Lipinski definition) is 4. The molecule has 2 heterocycles. The minimum atomic E-state index is -0.110. The topological polar surface area (TPSA) is 65.4 Å². The van der Waals surface area contributed by atoms with Crippen molar-refractivity contribution >= 4 is 11.7 Å². The fourth-order valence-electron chi connectivity index (χ4n) is 3.30. The molecule has 1 aromatic heterocycles. The van der Waals surface area contributed by atoms with Crippen LogP contribution in [0.2, 0.25) is 0 Å². The molecule has 4 rings (SSSR count). The molecule has 0 saturated heterocycles. The number of nitrogens with zero attached hydrogens (tertiary/aromatic N) is 2. The van der Waals surface area contributed by atoms with E-state index in [2.05, 4.69) is 10.3 Å². The number of aromatic nitrogens is 2. The van der Waals surface area contributed by atoms with Crippen molar-refractivity contribution in [2.24, 2.45) is 0 Å². The van der Waals surface area contributed by atoms with Crippen molar-refractivity contribution in [3.8, 4) is 17.2 Å². The van der Waals surface area contributed by atoms with E-state index in [4.69, 9.17) is 9.47 Å². The van der Waals surface area contributed by atoms with Crippen LogP contribution in [0.4, 0.5) is 5.82 Å². The zero-order valence-electron chi connectivity index (χ0n) is 14.6. The van der Waals surface area contributed by atoms with Gasteiger partial charge < -0.3 is 14.8 Å². The van der Waals surface area contributed by atoms with Crippen molar-refractivity contribution in [2.45, 2.75) is 12.3 Å². The first-order valence-electron chi connectivity index (χ1n) is 8.35. The average Bonchev–Trinajstić information content (AvgIpc) is 3.11. The molecule has 132 valence electrons. The van der Waals surface area contributed by atoms with Gasteiger partial charge >= 0.3 is 0 Å². The van der Waals surface area contributed by atoms with E-state index >= 15 is 0 Å². The van der Waals surface area contributed by atoms with Crippen LogP contribution in [0.1, 0.15) is 23.6 Å². The number of fused-ring (bicyclic) bond motifs is 1. The van der Waals surface area contributed by atoms with Crippen molar-refractivity contribution < 1.29 is 14.3 Å². The maximum atomic E-state index is 12.4. The number of carbonyl (C=O) groups is 1. The maximum Gasteiger partial charge on any atom is 0.226 e. The first-order chi connectivity index (χ1) is 12.7. The van der Waals surface area contributed by atoms with Gasteiger partial charge in [0.1, 0.15) is 23.6 Å². The van der Waals surface area contributed by atoms with Crippen LogP contribution in [0.15, 0.2) is 54.9 Å². The third-order valence-electron chi connectivity index (χ3n) is 4.60. The highest BCUT2D eigenvalue weighted by Gasteiger charge is 2.31. The van der Waals surface area contributed by atoms with E-state index in [9.17, 15) is 4.79 Å². The molecule has 1 N–H and O–H groups in total. The molecular weight excluding hydrogens is 330 g/mol. The Labute approximate surface area is 151 Å². The molecule has 1 atom stereocenters. The van der Waals surface area contributed by atoms with Crippen LogP contribution in [-0.4, -0.2) is 29.7 Å². The third kappa shape index (κ3) is 2.79. The molecular formula is C20H19N3O3. The van der Waals surface area contributed by atoms with Gasteiger partial charge in [0.15, 0.2) is 0 Å². The smallest absolute Gasteiger partial charge is 0.226 e. The molecule has 0 fully saturated rings. The molecule has 0 radical (unpaired) electrons. The summed E-state index contributed by atoms with van der Waals surface area (Å²) in [6.45, 7) is 0. The van der Waals surface area contributed by atoms with Gasteiger partial charge in [-0.3, -0.25) is 9.36 Å². The molecule has 0 bridgehead atoms. The SMILES string of the molecule is COc1cccc([C@@H]2CC(=O)Nc3c2ncn3-c2cccc(OC)c2)c1. The van der Waals surface area contributed by atoms with E-state index in [0.717, 1.165) is 28.4 Å². The largest absolute Gasteiger partial charge is 0.497 e. The zero-order chi connectivity index (χ0) is 18.1. The lowest BCUT2D eigenvalue weighted by molar-refractivity contribution is -0.116. The normalized spacial score (nSPS) is 15.9. The molecule has 0 saturated carbocycles. The molecule has 1 aliphatic rings. The van der Waals surface area contributed by atoms with Crippen molar-refractivity contribution in [3.05, 3.63) is 66.1 Å². The van der Waals surface area contributed by atoms with Gasteiger partial charge in [0, 0.05) is 18.4 Å². The number of anilines is 1. The minimum absolute atomic E-state index is 0.0324. The number of carbonyl (C=O) groups excluding carboxylic acids is 1. The van der Waals surface area contributed by atoms with Gasteiger partial charge in [0.2, 0.25) is 5.91 Å². The molecule has 6 heteroatoms. The van der Waals surface area contributed by atoms with Crippen LogP contribution < -0.4 is 14.8 Å². The second kappa shape index (κ2) is 6.55. The second-order valence-electron chi connectivity index (χ2n) is 6.13. The molecule has 0 aliphatic carbocycles. The lowest BCUT2D eigenvalue weighted by Crippen LogP contribution is -2.24. The number of imidazole rings is 1. The standard InChI is InChI=1S/C20H19N3O3/c1-25-15-7-3-5-13(9-15)17-11-18(24)22-20-19(17)21-12-23(20)14-6-4-8-16(10-14)26-2/h3-10,12,17H,11H2,1-2H3,(H,22,24)/t17-/m0/s1. The van der Waals surface area contributed by atoms with Gasteiger partial charge in [-0.05, 0) is 29.8 Å². The predicted molar refractivity (Wildman–Crippen MR) is 98.2 cm³/mol.